The van der Waals surface area contributed by atoms with E-state index in [-0.39, 0.29) is 18.0 Å². The molecule has 1 N–H and O–H groups in total. The number of carbonyl (C=O) groups is 1. The summed E-state index contributed by atoms with van der Waals surface area (Å²) in [5, 5.41) is 11.8. The predicted molar refractivity (Wildman–Crippen MR) is 84.4 cm³/mol. The van der Waals surface area contributed by atoms with Crippen molar-refractivity contribution in [2.45, 2.75) is 65.1 Å². The Balaban J connectivity index is 1.72. The second-order valence-electron chi connectivity index (χ2n) is 7.09. The standard InChI is InChI=1S/C16H27N5O/c1-10(2)14(15-19-18-13-6-5-9-21(13)15)17-16(22)20(4)11(3)12-7-8-12/h10-12,14H,5-9H2,1-4H3,(H,17,22). The smallest absolute Gasteiger partial charge is 0.317 e. The topological polar surface area (TPSA) is 63.1 Å². The van der Waals surface area contributed by atoms with Gasteiger partial charge in [-0.05, 0) is 38.0 Å². The van der Waals surface area contributed by atoms with Gasteiger partial charge in [-0.3, -0.25) is 0 Å². The van der Waals surface area contributed by atoms with E-state index in [9.17, 15) is 4.79 Å². The lowest BCUT2D eigenvalue weighted by Crippen LogP contribution is -2.46. The molecule has 1 fully saturated rings. The van der Waals surface area contributed by atoms with Crippen molar-refractivity contribution in [1.29, 1.82) is 0 Å². The van der Waals surface area contributed by atoms with E-state index in [1.165, 1.54) is 12.8 Å². The Morgan fingerprint density at radius 1 is 1.32 bits per heavy atom. The lowest BCUT2D eigenvalue weighted by atomic mass is 10.0. The average Bonchev–Trinajstić information content (AvgIpc) is 3.10. The fourth-order valence-corrected chi connectivity index (χ4v) is 3.25. The van der Waals surface area contributed by atoms with E-state index >= 15 is 0 Å². The van der Waals surface area contributed by atoms with Crippen molar-refractivity contribution >= 4 is 6.03 Å². The zero-order valence-electron chi connectivity index (χ0n) is 14.0. The number of nitrogens with one attached hydrogen (secondary N) is 1. The van der Waals surface area contributed by atoms with Crippen molar-refractivity contribution < 1.29 is 4.79 Å². The highest BCUT2D eigenvalue weighted by Crippen LogP contribution is 2.35. The van der Waals surface area contributed by atoms with E-state index in [0.29, 0.717) is 12.0 Å². The summed E-state index contributed by atoms with van der Waals surface area (Å²) in [6, 6.07) is 0.214. The average molecular weight is 305 g/mol. The van der Waals surface area contributed by atoms with Crippen LogP contribution in [0.15, 0.2) is 0 Å². The van der Waals surface area contributed by atoms with Crippen LogP contribution in [0.25, 0.3) is 0 Å². The van der Waals surface area contributed by atoms with Crippen LogP contribution >= 0.6 is 0 Å². The number of aromatic nitrogens is 3. The van der Waals surface area contributed by atoms with Crippen LogP contribution in [0, 0.1) is 11.8 Å². The number of fused-ring (bicyclic) bond motifs is 1. The summed E-state index contributed by atoms with van der Waals surface area (Å²) in [6.07, 6.45) is 4.59. The van der Waals surface area contributed by atoms with Crippen LogP contribution in [0.3, 0.4) is 0 Å². The minimum Gasteiger partial charge on any atom is -0.328 e. The minimum absolute atomic E-state index is 0.00607. The Morgan fingerprint density at radius 2 is 2.05 bits per heavy atom. The number of aryl methyl sites for hydroxylation is 1. The van der Waals surface area contributed by atoms with Gasteiger partial charge in [0.2, 0.25) is 0 Å². The Bertz CT molecular complexity index is 549. The third-order valence-electron chi connectivity index (χ3n) is 5.10. The van der Waals surface area contributed by atoms with Crippen molar-refractivity contribution in [3.63, 3.8) is 0 Å². The van der Waals surface area contributed by atoms with Crippen LogP contribution in [0.2, 0.25) is 0 Å². The summed E-state index contributed by atoms with van der Waals surface area (Å²) >= 11 is 0. The highest BCUT2D eigenvalue weighted by atomic mass is 16.2. The first-order chi connectivity index (χ1) is 10.5. The van der Waals surface area contributed by atoms with Gasteiger partial charge in [0.1, 0.15) is 5.82 Å². The number of urea groups is 1. The molecule has 22 heavy (non-hydrogen) atoms. The predicted octanol–water partition coefficient (Wildman–Crippen LogP) is 2.36. The summed E-state index contributed by atoms with van der Waals surface area (Å²) in [6.45, 7) is 7.33. The van der Waals surface area contributed by atoms with E-state index in [0.717, 1.165) is 31.0 Å². The molecular weight excluding hydrogens is 278 g/mol. The second kappa shape index (κ2) is 5.89. The number of carbonyl (C=O) groups excluding carboxylic acids is 1. The molecule has 1 aromatic heterocycles. The maximum Gasteiger partial charge on any atom is 0.317 e. The quantitative estimate of drug-likeness (QED) is 0.908. The van der Waals surface area contributed by atoms with Crippen molar-refractivity contribution in [2.24, 2.45) is 11.8 Å². The molecule has 1 saturated carbocycles. The fraction of sp³-hybridized carbons (Fsp3) is 0.812. The van der Waals surface area contributed by atoms with Crippen molar-refractivity contribution in [3.05, 3.63) is 11.6 Å². The lowest BCUT2D eigenvalue weighted by molar-refractivity contribution is 0.179. The summed E-state index contributed by atoms with van der Waals surface area (Å²) in [4.78, 5) is 14.4. The molecule has 6 heteroatoms. The van der Waals surface area contributed by atoms with Gasteiger partial charge in [0.15, 0.2) is 5.82 Å². The van der Waals surface area contributed by atoms with E-state index < -0.39 is 0 Å². The first kappa shape index (κ1) is 15.3. The molecule has 2 atom stereocenters. The Labute approximate surface area is 132 Å². The van der Waals surface area contributed by atoms with Crippen LogP contribution in [0.1, 0.15) is 57.7 Å². The molecule has 0 spiro atoms. The number of rotatable bonds is 5. The van der Waals surface area contributed by atoms with Gasteiger partial charge < -0.3 is 14.8 Å². The van der Waals surface area contributed by atoms with Gasteiger partial charge in [0.05, 0.1) is 6.04 Å². The normalized spacial score (nSPS) is 19.9. The molecule has 2 amide bonds. The molecule has 6 nitrogen and oxygen atoms in total. The van der Waals surface area contributed by atoms with Gasteiger partial charge in [-0.1, -0.05) is 13.8 Å². The zero-order valence-corrected chi connectivity index (χ0v) is 14.0. The van der Waals surface area contributed by atoms with E-state index in [1.54, 1.807) is 0 Å². The van der Waals surface area contributed by atoms with Crippen molar-refractivity contribution in [3.8, 4) is 0 Å². The Morgan fingerprint density at radius 3 is 2.68 bits per heavy atom. The molecule has 122 valence electrons. The van der Waals surface area contributed by atoms with Gasteiger partial charge >= 0.3 is 6.03 Å². The molecule has 0 aromatic carbocycles. The largest absolute Gasteiger partial charge is 0.328 e. The second-order valence-corrected chi connectivity index (χ2v) is 7.09. The van der Waals surface area contributed by atoms with E-state index in [1.807, 2.05) is 11.9 Å². The third-order valence-corrected chi connectivity index (χ3v) is 5.10. The summed E-state index contributed by atoms with van der Waals surface area (Å²) in [7, 11) is 1.89. The number of amides is 2. The molecule has 1 aliphatic heterocycles. The maximum absolute atomic E-state index is 12.6. The first-order valence-corrected chi connectivity index (χ1v) is 8.44. The summed E-state index contributed by atoms with van der Waals surface area (Å²) in [5.41, 5.74) is 0. The van der Waals surface area contributed by atoms with Gasteiger partial charge in [0.25, 0.3) is 0 Å². The Kier molecular flexibility index (Phi) is 4.10. The molecule has 0 bridgehead atoms. The van der Waals surface area contributed by atoms with Crippen LogP contribution < -0.4 is 5.32 Å². The highest BCUT2D eigenvalue weighted by molar-refractivity contribution is 5.74. The van der Waals surface area contributed by atoms with Crippen LogP contribution in [0.4, 0.5) is 4.79 Å². The molecular formula is C16H27N5O. The molecule has 0 radical (unpaired) electrons. The molecule has 0 saturated heterocycles. The van der Waals surface area contributed by atoms with Gasteiger partial charge in [-0.25, -0.2) is 4.79 Å². The molecule has 2 aliphatic rings. The van der Waals surface area contributed by atoms with Crippen LogP contribution in [0.5, 0.6) is 0 Å². The molecule has 1 aromatic rings. The molecule has 2 heterocycles. The molecule has 3 rings (SSSR count). The van der Waals surface area contributed by atoms with Crippen LogP contribution in [-0.4, -0.2) is 38.8 Å². The highest BCUT2D eigenvalue weighted by Gasteiger charge is 2.34. The number of hydrogen-bond acceptors (Lipinski definition) is 3. The van der Waals surface area contributed by atoms with Crippen molar-refractivity contribution in [2.75, 3.05) is 7.05 Å². The molecule has 2 unspecified atom stereocenters. The first-order valence-electron chi connectivity index (χ1n) is 8.44. The number of nitrogens with zero attached hydrogens (tertiary/aromatic N) is 4. The Hall–Kier alpha value is -1.59. The van der Waals surface area contributed by atoms with Gasteiger partial charge in [-0.2, -0.15) is 0 Å². The van der Waals surface area contributed by atoms with Crippen molar-refractivity contribution in [1.82, 2.24) is 25.0 Å². The third kappa shape index (κ3) is 2.83. The monoisotopic (exact) mass is 305 g/mol. The minimum atomic E-state index is -0.0827. The van der Waals surface area contributed by atoms with E-state index in [4.69, 9.17) is 0 Å². The van der Waals surface area contributed by atoms with Crippen LogP contribution in [-0.2, 0) is 13.0 Å². The summed E-state index contributed by atoms with van der Waals surface area (Å²) in [5.74, 6) is 2.91. The SMILES string of the molecule is CC(C)C(NC(=O)N(C)C(C)C1CC1)c1nnc2n1CCC2. The lowest BCUT2D eigenvalue weighted by Gasteiger charge is -2.29. The van der Waals surface area contributed by atoms with E-state index in [2.05, 4.69) is 40.9 Å². The fourth-order valence-electron chi connectivity index (χ4n) is 3.25. The zero-order chi connectivity index (χ0) is 15.9. The van der Waals surface area contributed by atoms with Gasteiger partial charge in [0, 0.05) is 26.1 Å². The summed E-state index contributed by atoms with van der Waals surface area (Å²) < 4.78 is 2.18. The molecule has 1 aliphatic carbocycles. The van der Waals surface area contributed by atoms with Gasteiger partial charge in [-0.15, -0.1) is 10.2 Å². The number of hydrogen-bond donors (Lipinski definition) is 1. The maximum atomic E-state index is 12.6.